The molecule has 0 radical (unpaired) electrons. The molecular formula is C16H31N3O3. The molecule has 128 valence electrons. The topological polar surface area (TPSA) is 61.9 Å². The Balaban J connectivity index is 2.29. The summed E-state index contributed by atoms with van der Waals surface area (Å²) in [7, 11) is 1.72. The lowest BCUT2D eigenvalue weighted by Gasteiger charge is -2.27. The van der Waals surface area contributed by atoms with Crippen molar-refractivity contribution in [3.63, 3.8) is 0 Å². The van der Waals surface area contributed by atoms with E-state index >= 15 is 0 Å². The first-order valence-corrected chi connectivity index (χ1v) is 8.05. The van der Waals surface area contributed by atoms with E-state index < -0.39 is 5.60 Å². The summed E-state index contributed by atoms with van der Waals surface area (Å²) in [6.07, 6.45) is 0.740. The van der Waals surface area contributed by atoms with E-state index in [0.717, 1.165) is 19.5 Å². The second-order valence-corrected chi connectivity index (χ2v) is 7.49. The summed E-state index contributed by atoms with van der Waals surface area (Å²) in [5.74, 6) is 0.753. The van der Waals surface area contributed by atoms with E-state index in [-0.39, 0.29) is 18.0 Å². The first-order chi connectivity index (χ1) is 10.1. The molecule has 1 fully saturated rings. The normalized spacial score (nSPS) is 19.7. The van der Waals surface area contributed by atoms with Gasteiger partial charge in [0.2, 0.25) is 0 Å². The van der Waals surface area contributed by atoms with Gasteiger partial charge in [0, 0.05) is 33.2 Å². The number of carbonyl (C=O) groups is 2. The number of nitrogens with zero attached hydrogens (tertiary/aromatic N) is 2. The van der Waals surface area contributed by atoms with Crippen LogP contribution in [-0.4, -0.2) is 60.8 Å². The summed E-state index contributed by atoms with van der Waals surface area (Å²) < 4.78 is 5.31. The molecule has 0 bridgehead atoms. The largest absolute Gasteiger partial charge is 0.444 e. The molecule has 6 nitrogen and oxygen atoms in total. The van der Waals surface area contributed by atoms with Crippen LogP contribution in [0.3, 0.4) is 0 Å². The van der Waals surface area contributed by atoms with Gasteiger partial charge in [-0.3, -0.25) is 0 Å². The van der Waals surface area contributed by atoms with Crippen LogP contribution in [0.4, 0.5) is 9.59 Å². The maximum absolute atomic E-state index is 12.0. The van der Waals surface area contributed by atoms with Gasteiger partial charge in [-0.05, 0) is 39.0 Å². The molecule has 1 saturated heterocycles. The van der Waals surface area contributed by atoms with E-state index in [9.17, 15) is 9.59 Å². The average molecular weight is 313 g/mol. The molecule has 1 rings (SSSR count). The quantitative estimate of drug-likeness (QED) is 0.867. The van der Waals surface area contributed by atoms with Crippen LogP contribution in [0.1, 0.15) is 41.0 Å². The number of hydrogen-bond acceptors (Lipinski definition) is 3. The fourth-order valence-corrected chi connectivity index (χ4v) is 2.44. The highest BCUT2D eigenvalue weighted by Gasteiger charge is 2.24. The summed E-state index contributed by atoms with van der Waals surface area (Å²) >= 11 is 0. The van der Waals surface area contributed by atoms with Crippen molar-refractivity contribution in [2.45, 2.75) is 46.6 Å². The second-order valence-electron chi connectivity index (χ2n) is 7.49. The summed E-state index contributed by atoms with van der Waals surface area (Å²) in [6.45, 7) is 12.5. The van der Waals surface area contributed by atoms with Gasteiger partial charge < -0.3 is 19.9 Å². The molecule has 1 heterocycles. The Morgan fingerprint density at radius 2 is 2.05 bits per heavy atom. The van der Waals surface area contributed by atoms with Crippen molar-refractivity contribution in [2.24, 2.45) is 11.8 Å². The van der Waals surface area contributed by atoms with Crippen molar-refractivity contribution in [2.75, 3.05) is 33.2 Å². The molecular weight excluding hydrogens is 282 g/mol. The Morgan fingerprint density at radius 3 is 2.55 bits per heavy atom. The number of amides is 3. The minimum atomic E-state index is -0.491. The van der Waals surface area contributed by atoms with Gasteiger partial charge in [-0.15, -0.1) is 0 Å². The molecule has 2 unspecified atom stereocenters. The molecule has 1 aliphatic rings. The highest BCUT2D eigenvalue weighted by molar-refractivity contribution is 5.74. The van der Waals surface area contributed by atoms with E-state index in [0.29, 0.717) is 19.0 Å². The molecule has 2 atom stereocenters. The predicted molar refractivity (Wildman–Crippen MR) is 86.8 cm³/mol. The predicted octanol–water partition coefficient (Wildman–Crippen LogP) is 2.54. The fourth-order valence-electron chi connectivity index (χ4n) is 2.44. The van der Waals surface area contributed by atoms with Crippen LogP contribution < -0.4 is 5.32 Å². The van der Waals surface area contributed by atoms with Crippen molar-refractivity contribution >= 4 is 12.1 Å². The number of urea groups is 1. The van der Waals surface area contributed by atoms with E-state index in [1.807, 2.05) is 32.6 Å². The zero-order valence-electron chi connectivity index (χ0n) is 14.8. The van der Waals surface area contributed by atoms with Crippen molar-refractivity contribution in [1.29, 1.82) is 0 Å². The first kappa shape index (κ1) is 18.6. The minimum absolute atomic E-state index is 0.00359. The highest BCUT2D eigenvalue weighted by atomic mass is 16.6. The summed E-state index contributed by atoms with van der Waals surface area (Å²) in [6, 6.07) is -0.00359. The molecule has 22 heavy (non-hydrogen) atoms. The monoisotopic (exact) mass is 313 g/mol. The first-order valence-electron chi connectivity index (χ1n) is 8.05. The summed E-state index contributed by atoms with van der Waals surface area (Å²) in [5.41, 5.74) is -0.491. The Labute approximate surface area is 134 Å². The Morgan fingerprint density at radius 1 is 1.41 bits per heavy atom. The number of carbonyl (C=O) groups excluding carboxylic acids is 2. The summed E-state index contributed by atoms with van der Waals surface area (Å²) in [5, 5.41) is 2.95. The van der Waals surface area contributed by atoms with E-state index in [1.54, 1.807) is 11.9 Å². The molecule has 6 heteroatoms. The number of rotatable bonds is 4. The Bertz CT molecular complexity index is 393. The molecule has 0 aromatic heterocycles. The van der Waals surface area contributed by atoms with Gasteiger partial charge in [-0.2, -0.15) is 0 Å². The third-order valence-corrected chi connectivity index (χ3v) is 3.60. The minimum Gasteiger partial charge on any atom is -0.444 e. The standard InChI is InChI=1S/C16H31N3O3/c1-12-7-8-19(11-12)14(20)17-9-13(2)10-18(6)15(21)22-16(3,4)5/h12-13H,7-11H2,1-6H3,(H,17,20). The van der Waals surface area contributed by atoms with Crippen LogP contribution in [0, 0.1) is 11.8 Å². The summed E-state index contributed by atoms with van der Waals surface area (Å²) in [4.78, 5) is 27.3. The second kappa shape index (κ2) is 7.70. The van der Waals surface area contributed by atoms with E-state index in [4.69, 9.17) is 4.74 Å². The van der Waals surface area contributed by atoms with Crippen LogP contribution in [0.15, 0.2) is 0 Å². The van der Waals surface area contributed by atoms with Crippen molar-refractivity contribution in [3.05, 3.63) is 0 Å². The van der Waals surface area contributed by atoms with Gasteiger partial charge in [-0.1, -0.05) is 13.8 Å². The lowest BCUT2D eigenvalue weighted by Crippen LogP contribution is -2.43. The highest BCUT2D eigenvalue weighted by Crippen LogP contribution is 2.15. The van der Waals surface area contributed by atoms with E-state index in [2.05, 4.69) is 12.2 Å². The van der Waals surface area contributed by atoms with Crippen LogP contribution in [0.25, 0.3) is 0 Å². The molecule has 0 aromatic rings. The van der Waals surface area contributed by atoms with E-state index in [1.165, 1.54) is 0 Å². The van der Waals surface area contributed by atoms with Gasteiger partial charge >= 0.3 is 12.1 Å². The molecule has 1 N–H and O–H groups in total. The molecule has 0 aliphatic carbocycles. The number of likely N-dealkylation sites (tertiary alicyclic amines) is 1. The molecule has 3 amide bonds. The van der Waals surface area contributed by atoms with Gasteiger partial charge in [0.1, 0.15) is 5.60 Å². The number of ether oxygens (including phenoxy) is 1. The number of hydrogen-bond donors (Lipinski definition) is 1. The fraction of sp³-hybridized carbons (Fsp3) is 0.875. The van der Waals surface area contributed by atoms with Gasteiger partial charge in [0.25, 0.3) is 0 Å². The van der Waals surface area contributed by atoms with Crippen molar-refractivity contribution < 1.29 is 14.3 Å². The van der Waals surface area contributed by atoms with Gasteiger partial charge in [0.05, 0.1) is 0 Å². The molecule has 0 spiro atoms. The third-order valence-electron chi connectivity index (χ3n) is 3.60. The van der Waals surface area contributed by atoms with Gasteiger partial charge in [-0.25, -0.2) is 9.59 Å². The Kier molecular flexibility index (Phi) is 6.50. The van der Waals surface area contributed by atoms with Crippen LogP contribution >= 0.6 is 0 Å². The zero-order chi connectivity index (χ0) is 16.9. The molecule has 0 aromatic carbocycles. The Hall–Kier alpha value is -1.46. The smallest absolute Gasteiger partial charge is 0.410 e. The van der Waals surface area contributed by atoms with Crippen LogP contribution in [-0.2, 0) is 4.74 Å². The SMILES string of the molecule is CC(CNC(=O)N1CCC(C)C1)CN(C)C(=O)OC(C)(C)C. The third kappa shape index (κ3) is 6.54. The van der Waals surface area contributed by atoms with Crippen molar-refractivity contribution in [1.82, 2.24) is 15.1 Å². The number of nitrogens with one attached hydrogen (secondary N) is 1. The molecule has 1 aliphatic heterocycles. The maximum Gasteiger partial charge on any atom is 0.410 e. The van der Waals surface area contributed by atoms with Crippen LogP contribution in [0.2, 0.25) is 0 Å². The lowest BCUT2D eigenvalue weighted by atomic mass is 10.1. The van der Waals surface area contributed by atoms with Crippen LogP contribution in [0.5, 0.6) is 0 Å². The lowest BCUT2D eigenvalue weighted by molar-refractivity contribution is 0.0277. The molecule has 0 saturated carbocycles. The average Bonchev–Trinajstić information content (AvgIpc) is 2.80. The maximum atomic E-state index is 12.0. The zero-order valence-corrected chi connectivity index (χ0v) is 14.8. The van der Waals surface area contributed by atoms with Gasteiger partial charge in [0.15, 0.2) is 0 Å². The van der Waals surface area contributed by atoms with Crippen molar-refractivity contribution in [3.8, 4) is 0 Å².